The fraction of sp³-hybridized carbons (Fsp3) is 0.0667. The predicted molar refractivity (Wildman–Crippen MR) is 68.7 cm³/mol. The van der Waals surface area contributed by atoms with Crippen LogP contribution in [0.2, 0.25) is 0 Å². The highest BCUT2D eigenvalue weighted by Gasteiger charge is 2.39. The molecule has 1 aliphatic heterocycles. The standard InChI is InChI=1S/C15H10FNO2/c1-9-5-2-3-8-12(9)17-14(18)10-6-4-7-11(16)13(10)15(17)19/h2-8H,1H3. The van der Waals surface area contributed by atoms with Gasteiger partial charge in [0.25, 0.3) is 11.8 Å². The van der Waals surface area contributed by atoms with Crippen LogP contribution in [0.4, 0.5) is 10.1 Å². The molecule has 2 amide bonds. The molecule has 0 aliphatic carbocycles. The zero-order valence-electron chi connectivity index (χ0n) is 10.2. The lowest BCUT2D eigenvalue weighted by molar-refractivity contribution is 0.0925. The normalized spacial score (nSPS) is 13.9. The Labute approximate surface area is 109 Å². The van der Waals surface area contributed by atoms with E-state index in [1.807, 2.05) is 6.07 Å². The number of carbonyl (C=O) groups is 2. The molecule has 94 valence electrons. The minimum atomic E-state index is -0.660. The van der Waals surface area contributed by atoms with E-state index >= 15 is 0 Å². The van der Waals surface area contributed by atoms with Crippen molar-refractivity contribution in [3.63, 3.8) is 0 Å². The van der Waals surface area contributed by atoms with Crippen molar-refractivity contribution in [2.24, 2.45) is 0 Å². The Morgan fingerprint density at radius 3 is 2.37 bits per heavy atom. The summed E-state index contributed by atoms with van der Waals surface area (Å²) in [6, 6.07) is 11.1. The van der Waals surface area contributed by atoms with Gasteiger partial charge < -0.3 is 0 Å². The second kappa shape index (κ2) is 4.02. The highest BCUT2D eigenvalue weighted by atomic mass is 19.1. The van der Waals surface area contributed by atoms with Gasteiger partial charge in [0.1, 0.15) is 5.82 Å². The average Bonchev–Trinajstić information content (AvgIpc) is 2.64. The topological polar surface area (TPSA) is 37.4 Å². The van der Waals surface area contributed by atoms with Crippen LogP contribution in [-0.4, -0.2) is 11.8 Å². The summed E-state index contributed by atoms with van der Waals surface area (Å²) < 4.78 is 13.7. The number of hydrogen-bond acceptors (Lipinski definition) is 2. The molecule has 2 aromatic rings. The maximum atomic E-state index is 13.7. The second-order valence-electron chi connectivity index (χ2n) is 4.39. The minimum Gasteiger partial charge on any atom is -0.268 e. The van der Waals surface area contributed by atoms with E-state index < -0.39 is 17.6 Å². The first kappa shape index (κ1) is 11.6. The van der Waals surface area contributed by atoms with Crippen molar-refractivity contribution in [1.29, 1.82) is 0 Å². The number of fused-ring (bicyclic) bond motifs is 1. The number of hydrogen-bond donors (Lipinski definition) is 0. The molecule has 0 N–H and O–H groups in total. The molecule has 19 heavy (non-hydrogen) atoms. The van der Waals surface area contributed by atoms with Gasteiger partial charge in [0.2, 0.25) is 0 Å². The van der Waals surface area contributed by atoms with Crippen molar-refractivity contribution in [2.45, 2.75) is 6.92 Å². The Balaban J connectivity index is 2.19. The molecule has 0 radical (unpaired) electrons. The van der Waals surface area contributed by atoms with Crippen molar-refractivity contribution >= 4 is 17.5 Å². The summed E-state index contributed by atoms with van der Waals surface area (Å²) in [5, 5.41) is 0. The maximum Gasteiger partial charge on any atom is 0.269 e. The smallest absolute Gasteiger partial charge is 0.268 e. The van der Waals surface area contributed by atoms with Crippen molar-refractivity contribution in [3.8, 4) is 0 Å². The predicted octanol–water partition coefficient (Wildman–Crippen LogP) is 2.93. The summed E-state index contributed by atoms with van der Waals surface area (Å²) in [7, 11) is 0. The monoisotopic (exact) mass is 255 g/mol. The van der Waals surface area contributed by atoms with Crippen LogP contribution in [0.15, 0.2) is 42.5 Å². The average molecular weight is 255 g/mol. The number of nitrogens with zero attached hydrogens (tertiary/aromatic N) is 1. The lowest BCUT2D eigenvalue weighted by atomic mass is 10.1. The van der Waals surface area contributed by atoms with Gasteiger partial charge in [-0.1, -0.05) is 24.3 Å². The molecule has 0 bridgehead atoms. The fourth-order valence-electron chi connectivity index (χ4n) is 2.28. The molecular formula is C15H10FNO2. The minimum absolute atomic E-state index is 0.119. The third-order valence-corrected chi connectivity index (χ3v) is 3.22. The maximum absolute atomic E-state index is 13.7. The fourth-order valence-corrected chi connectivity index (χ4v) is 2.28. The second-order valence-corrected chi connectivity index (χ2v) is 4.39. The molecule has 2 aromatic carbocycles. The number of aryl methyl sites for hydroxylation is 1. The van der Waals surface area contributed by atoms with Crippen molar-refractivity contribution < 1.29 is 14.0 Å². The molecule has 3 rings (SSSR count). The Hall–Kier alpha value is -2.49. The van der Waals surface area contributed by atoms with Crippen LogP contribution in [0.1, 0.15) is 26.3 Å². The first-order valence-electron chi connectivity index (χ1n) is 5.84. The summed E-state index contributed by atoms with van der Waals surface area (Å²) in [5.41, 5.74) is 1.26. The zero-order chi connectivity index (χ0) is 13.6. The van der Waals surface area contributed by atoms with Crippen LogP contribution < -0.4 is 4.90 Å². The Morgan fingerprint density at radius 1 is 0.947 bits per heavy atom. The zero-order valence-corrected chi connectivity index (χ0v) is 10.2. The molecule has 0 fully saturated rings. The lowest BCUT2D eigenvalue weighted by Gasteiger charge is -2.16. The van der Waals surface area contributed by atoms with Crippen LogP contribution in [0.5, 0.6) is 0 Å². The summed E-state index contributed by atoms with van der Waals surface area (Å²) in [6.45, 7) is 1.80. The van der Waals surface area contributed by atoms with Gasteiger partial charge in [-0.25, -0.2) is 9.29 Å². The van der Waals surface area contributed by atoms with Crippen molar-refractivity contribution in [3.05, 3.63) is 65.0 Å². The highest BCUT2D eigenvalue weighted by Crippen LogP contribution is 2.31. The quantitative estimate of drug-likeness (QED) is 0.735. The van der Waals surface area contributed by atoms with Gasteiger partial charge in [0.15, 0.2) is 0 Å². The molecule has 0 saturated heterocycles. The van der Waals surface area contributed by atoms with Gasteiger partial charge in [-0.15, -0.1) is 0 Å². The number of anilines is 1. The molecule has 0 atom stereocenters. The molecule has 1 heterocycles. The number of carbonyl (C=O) groups excluding carboxylic acids is 2. The number of imide groups is 1. The van der Waals surface area contributed by atoms with Gasteiger partial charge in [-0.2, -0.15) is 0 Å². The van der Waals surface area contributed by atoms with Crippen LogP contribution in [-0.2, 0) is 0 Å². The van der Waals surface area contributed by atoms with E-state index in [0.717, 1.165) is 10.5 Å². The van der Waals surface area contributed by atoms with Crippen molar-refractivity contribution in [1.82, 2.24) is 0 Å². The summed E-state index contributed by atoms with van der Waals surface area (Å²) in [6.07, 6.45) is 0. The van der Waals surface area contributed by atoms with Gasteiger partial charge >= 0.3 is 0 Å². The van der Waals surface area contributed by atoms with Crippen LogP contribution in [0.3, 0.4) is 0 Å². The lowest BCUT2D eigenvalue weighted by Crippen LogP contribution is -2.30. The largest absolute Gasteiger partial charge is 0.269 e. The van der Waals surface area contributed by atoms with E-state index in [0.29, 0.717) is 5.69 Å². The first-order valence-corrected chi connectivity index (χ1v) is 5.84. The summed E-state index contributed by atoms with van der Waals surface area (Å²) >= 11 is 0. The van der Waals surface area contributed by atoms with Gasteiger partial charge in [-0.3, -0.25) is 9.59 Å². The van der Waals surface area contributed by atoms with Gasteiger partial charge in [0.05, 0.1) is 16.8 Å². The molecule has 1 aliphatic rings. The Morgan fingerprint density at radius 2 is 1.68 bits per heavy atom. The van der Waals surface area contributed by atoms with Crippen LogP contribution in [0, 0.1) is 12.7 Å². The Bertz CT molecular complexity index is 709. The summed E-state index contributed by atoms with van der Waals surface area (Å²) in [5.74, 6) is -1.74. The van der Waals surface area contributed by atoms with E-state index in [9.17, 15) is 14.0 Å². The van der Waals surface area contributed by atoms with Gasteiger partial charge in [0, 0.05) is 0 Å². The number of halogens is 1. The SMILES string of the molecule is Cc1ccccc1N1C(=O)c2cccc(F)c2C1=O. The van der Waals surface area contributed by atoms with E-state index in [4.69, 9.17) is 0 Å². The highest BCUT2D eigenvalue weighted by molar-refractivity contribution is 6.34. The van der Waals surface area contributed by atoms with E-state index in [2.05, 4.69) is 0 Å². The molecule has 0 saturated carbocycles. The van der Waals surface area contributed by atoms with E-state index in [-0.39, 0.29) is 11.1 Å². The number of para-hydroxylation sites is 1. The third kappa shape index (κ3) is 1.57. The molecular weight excluding hydrogens is 245 g/mol. The van der Waals surface area contributed by atoms with Crippen molar-refractivity contribution in [2.75, 3.05) is 4.90 Å². The Kier molecular flexibility index (Phi) is 2.45. The summed E-state index contributed by atoms with van der Waals surface area (Å²) in [4.78, 5) is 25.5. The molecule has 0 aromatic heterocycles. The van der Waals surface area contributed by atoms with E-state index in [1.165, 1.54) is 18.2 Å². The third-order valence-electron chi connectivity index (χ3n) is 3.22. The van der Waals surface area contributed by atoms with Crippen LogP contribution in [0.25, 0.3) is 0 Å². The molecule has 0 unspecified atom stereocenters. The molecule has 0 spiro atoms. The molecule has 3 nitrogen and oxygen atoms in total. The number of amides is 2. The van der Waals surface area contributed by atoms with Crippen LogP contribution >= 0.6 is 0 Å². The van der Waals surface area contributed by atoms with E-state index in [1.54, 1.807) is 25.1 Å². The number of rotatable bonds is 1. The molecule has 4 heteroatoms. The van der Waals surface area contributed by atoms with Gasteiger partial charge in [-0.05, 0) is 30.7 Å². The number of benzene rings is 2. The first-order chi connectivity index (χ1) is 9.11.